The van der Waals surface area contributed by atoms with Gasteiger partial charge in [-0.05, 0) is 49.2 Å². The van der Waals surface area contributed by atoms with Gasteiger partial charge in [0.1, 0.15) is 5.82 Å². The summed E-state index contributed by atoms with van der Waals surface area (Å²) in [6, 6.07) is 7.79. The minimum Gasteiger partial charge on any atom is -0.398 e. The maximum atomic E-state index is 13.7. The monoisotopic (exact) mass is 336 g/mol. The first-order valence-corrected chi connectivity index (χ1v) is 6.81. The second kappa shape index (κ2) is 5.63. The minimum absolute atomic E-state index is 0.0158. The number of benzene rings is 2. The zero-order chi connectivity index (χ0) is 14.9. The van der Waals surface area contributed by atoms with Crippen molar-refractivity contribution in [1.29, 1.82) is 0 Å². The summed E-state index contributed by atoms with van der Waals surface area (Å²) in [5.41, 5.74) is 8.79. The summed E-state index contributed by atoms with van der Waals surface area (Å²) in [5, 5.41) is 2.68. The maximum Gasteiger partial charge on any atom is 0.258 e. The van der Waals surface area contributed by atoms with E-state index in [1.165, 1.54) is 12.1 Å². The van der Waals surface area contributed by atoms with Crippen molar-refractivity contribution >= 4 is 33.2 Å². The Kier molecular flexibility index (Phi) is 4.09. The first-order chi connectivity index (χ1) is 9.38. The Morgan fingerprint density at radius 2 is 1.90 bits per heavy atom. The topological polar surface area (TPSA) is 55.1 Å². The maximum absolute atomic E-state index is 13.7. The molecule has 0 unspecified atom stereocenters. The predicted molar refractivity (Wildman–Crippen MR) is 82.4 cm³/mol. The van der Waals surface area contributed by atoms with Crippen LogP contribution in [0.5, 0.6) is 0 Å². The van der Waals surface area contributed by atoms with Crippen molar-refractivity contribution in [1.82, 2.24) is 0 Å². The first-order valence-electron chi connectivity index (χ1n) is 6.01. The largest absolute Gasteiger partial charge is 0.398 e. The Bertz CT molecular complexity index is 686. The van der Waals surface area contributed by atoms with Crippen molar-refractivity contribution in [2.24, 2.45) is 0 Å². The summed E-state index contributed by atoms with van der Waals surface area (Å²) < 4.78 is 14.3. The molecule has 0 bridgehead atoms. The van der Waals surface area contributed by atoms with Crippen LogP contribution in [0.1, 0.15) is 21.5 Å². The fourth-order valence-corrected chi connectivity index (χ4v) is 2.23. The van der Waals surface area contributed by atoms with Crippen LogP contribution >= 0.6 is 15.9 Å². The van der Waals surface area contributed by atoms with Crippen LogP contribution in [0.2, 0.25) is 0 Å². The number of anilines is 2. The van der Waals surface area contributed by atoms with Crippen LogP contribution in [0, 0.1) is 19.7 Å². The molecule has 3 N–H and O–H groups in total. The van der Waals surface area contributed by atoms with Crippen LogP contribution in [0.15, 0.2) is 34.8 Å². The highest BCUT2D eigenvalue weighted by atomic mass is 79.9. The van der Waals surface area contributed by atoms with E-state index in [4.69, 9.17) is 5.73 Å². The molecule has 0 heterocycles. The van der Waals surface area contributed by atoms with Gasteiger partial charge in [-0.25, -0.2) is 4.39 Å². The van der Waals surface area contributed by atoms with Gasteiger partial charge < -0.3 is 11.1 Å². The average Bonchev–Trinajstić information content (AvgIpc) is 2.38. The van der Waals surface area contributed by atoms with Gasteiger partial charge in [0.15, 0.2) is 0 Å². The number of carbonyl (C=O) groups excluding carboxylic acids is 1. The molecule has 0 aromatic heterocycles. The number of nitrogen functional groups attached to an aromatic ring is 1. The summed E-state index contributed by atoms with van der Waals surface area (Å²) in [6.45, 7) is 3.75. The van der Waals surface area contributed by atoms with Gasteiger partial charge >= 0.3 is 0 Å². The predicted octanol–water partition coefficient (Wildman–Crippen LogP) is 4.04. The third kappa shape index (κ3) is 2.99. The van der Waals surface area contributed by atoms with Gasteiger partial charge in [-0.3, -0.25) is 4.79 Å². The van der Waals surface area contributed by atoms with Crippen molar-refractivity contribution in [3.8, 4) is 0 Å². The number of halogens is 2. The van der Waals surface area contributed by atoms with Gasteiger partial charge in [0, 0.05) is 15.8 Å². The zero-order valence-electron chi connectivity index (χ0n) is 11.1. The van der Waals surface area contributed by atoms with Crippen LogP contribution < -0.4 is 11.1 Å². The summed E-state index contributed by atoms with van der Waals surface area (Å²) >= 11 is 3.22. The van der Waals surface area contributed by atoms with Crippen molar-refractivity contribution in [3.63, 3.8) is 0 Å². The van der Waals surface area contributed by atoms with Gasteiger partial charge in [-0.1, -0.05) is 22.0 Å². The Balaban J connectivity index is 2.32. The lowest BCUT2D eigenvalue weighted by atomic mass is 10.1. The summed E-state index contributed by atoms with van der Waals surface area (Å²) in [7, 11) is 0. The molecule has 0 aliphatic carbocycles. The van der Waals surface area contributed by atoms with Gasteiger partial charge in [0.25, 0.3) is 5.91 Å². The Morgan fingerprint density at radius 1 is 1.20 bits per heavy atom. The van der Waals surface area contributed by atoms with E-state index in [1.54, 1.807) is 12.1 Å². The molecule has 2 aromatic carbocycles. The minimum atomic E-state index is -0.566. The lowest BCUT2D eigenvalue weighted by Gasteiger charge is -2.11. The van der Waals surface area contributed by atoms with Gasteiger partial charge in [-0.2, -0.15) is 0 Å². The van der Waals surface area contributed by atoms with Crippen LogP contribution in [0.4, 0.5) is 15.8 Å². The fraction of sp³-hybridized carbons (Fsp3) is 0.133. The molecule has 3 nitrogen and oxygen atoms in total. The molecule has 0 aliphatic rings. The number of rotatable bonds is 2. The lowest BCUT2D eigenvalue weighted by molar-refractivity contribution is 0.102. The molecule has 20 heavy (non-hydrogen) atoms. The van der Waals surface area contributed by atoms with E-state index >= 15 is 0 Å². The molecule has 0 radical (unpaired) electrons. The Labute approximate surface area is 125 Å². The second-order valence-corrected chi connectivity index (χ2v) is 5.52. The number of hydrogen-bond acceptors (Lipinski definition) is 2. The SMILES string of the molecule is Cc1cc(C)c(NC(=O)c2cc(Br)ccc2F)cc1N. The molecule has 0 aliphatic heterocycles. The molecule has 2 aromatic rings. The average molecular weight is 337 g/mol. The standard InChI is InChI=1S/C15H14BrFN2O/c1-8-5-9(2)14(7-13(8)18)19-15(20)11-6-10(16)3-4-12(11)17/h3-7H,18H2,1-2H3,(H,19,20). The van der Waals surface area contributed by atoms with Crippen molar-refractivity contribution in [3.05, 3.63) is 57.3 Å². The highest BCUT2D eigenvalue weighted by molar-refractivity contribution is 9.10. The number of nitrogens with two attached hydrogens (primary N) is 1. The van der Waals surface area contributed by atoms with E-state index in [9.17, 15) is 9.18 Å². The Morgan fingerprint density at radius 3 is 2.60 bits per heavy atom. The highest BCUT2D eigenvalue weighted by Gasteiger charge is 2.14. The van der Waals surface area contributed by atoms with Gasteiger partial charge in [0.05, 0.1) is 5.56 Å². The van der Waals surface area contributed by atoms with E-state index in [2.05, 4.69) is 21.2 Å². The van der Waals surface area contributed by atoms with Crippen molar-refractivity contribution in [2.45, 2.75) is 13.8 Å². The quantitative estimate of drug-likeness (QED) is 0.813. The molecular formula is C15H14BrFN2O. The van der Waals surface area contributed by atoms with Gasteiger partial charge in [-0.15, -0.1) is 0 Å². The molecule has 0 atom stereocenters. The highest BCUT2D eigenvalue weighted by Crippen LogP contribution is 2.23. The smallest absolute Gasteiger partial charge is 0.258 e. The Hall–Kier alpha value is -1.88. The van der Waals surface area contributed by atoms with E-state index < -0.39 is 11.7 Å². The number of nitrogens with one attached hydrogen (secondary N) is 1. The number of aryl methyl sites for hydroxylation is 2. The first kappa shape index (κ1) is 14.5. The van der Waals surface area contributed by atoms with Crippen LogP contribution in [-0.4, -0.2) is 5.91 Å². The second-order valence-electron chi connectivity index (χ2n) is 4.60. The molecule has 1 amide bonds. The van der Waals surface area contributed by atoms with Crippen LogP contribution in [-0.2, 0) is 0 Å². The molecule has 5 heteroatoms. The molecule has 2 rings (SSSR count). The number of carbonyl (C=O) groups is 1. The van der Waals surface area contributed by atoms with Gasteiger partial charge in [0.2, 0.25) is 0 Å². The zero-order valence-corrected chi connectivity index (χ0v) is 12.7. The summed E-state index contributed by atoms with van der Waals surface area (Å²) in [4.78, 5) is 12.1. The molecular weight excluding hydrogens is 323 g/mol. The van der Waals surface area contributed by atoms with E-state index in [-0.39, 0.29) is 5.56 Å². The van der Waals surface area contributed by atoms with E-state index in [0.717, 1.165) is 11.1 Å². The summed E-state index contributed by atoms with van der Waals surface area (Å²) in [5.74, 6) is -1.07. The van der Waals surface area contributed by atoms with Crippen molar-refractivity contribution < 1.29 is 9.18 Å². The normalized spacial score (nSPS) is 10.4. The van der Waals surface area contributed by atoms with Crippen LogP contribution in [0.25, 0.3) is 0 Å². The number of hydrogen-bond donors (Lipinski definition) is 2. The van der Waals surface area contributed by atoms with Crippen molar-refractivity contribution in [2.75, 3.05) is 11.1 Å². The van der Waals surface area contributed by atoms with E-state index in [0.29, 0.717) is 15.8 Å². The molecule has 104 valence electrons. The molecule has 0 fully saturated rings. The van der Waals surface area contributed by atoms with Crippen LogP contribution in [0.3, 0.4) is 0 Å². The lowest BCUT2D eigenvalue weighted by Crippen LogP contribution is -2.15. The molecule has 0 spiro atoms. The third-order valence-corrected chi connectivity index (χ3v) is 3.53. The molecule has 0 saturated carbocycles. The third-order valence-electron chi connectivity index (χ3n) is 3.03. The molecule has 0 saturated heterocycles. The summed E-state index contributed by atoms with van der Waals surface area (Å²) in [6.07, 6.45) is 0. The fourth-order valence-electron chi connectivity index (χ4n) is 1.86. The van der Waals surface area contributed by atoms with E-state index in [1.807, 2.05) is 19.9 Å². The number of amides is 1.